The van der Waals surface area contributed by atoms with Gasteiger partial charge in [-0.2, -0.15) is 0 Å². The SMILES string of the molecule is CC(C)(C)[C@H](O)C(=O)N1CC(c2cc(F)ccc2F)=C[C@H]1c1cccc(OP(=O)(O)O)c1. The number of halogens is 2. The molecule has 0 aliphatic carbocycles. The Balaban J connectivity index is 2.06. The number of rotatable bonds is 5. The molecule has 2 aromatic rings. The predicted octanol–water partition coefficient (Wildman–Crippen LogP) is 3.81. The molecule has 0 saturated carbocycles. The van der Waals surface area contributed by atoms with Gasteiger partial charge in [-0.05, 0) is 46.9 Å². The van der Waals surface area contributed by atoms with Crippen LogP contribution >= 0.6 is 7.82 Å². The number of carbonyl (C=O) groups excluding carboxylic acids is 1. The van der Waals surface area contributed by atoms with Gasteiger partial charge in [0.05, 0.1) is 6.04 Å². The van der Waals surface area contributed by atoms with Gasteiger partial charge in [0.1, 0.15) is 23.5 Å². The molecule has 32 heavy (non-hydrogen) atoms. The third kappa shape index (κ3) is 5.42. The standard InChI is InChI=1S/C22H24F2NO6P/c1-22(2,3)20(26)21(27)25-12-14(17-11-15(23)7-8-18(17)24)10-19(25)13-5-4-6-16(9-13)31-32(28,29)30/h4-11,19-20,26H,12H2,1-3H3,(H2,28,29,30)/t19-,20+/m0/s1. The van der Waals surface area contributed by atoms with Crippen LogP contribution in [0.25, 0.3) is 5.57 Å². The van der Waals surface area contributed by atoms with E-state index in [4.69, 9.17) is 9.79 Å². The molecule has 0 unspecified atom stereocenters. The largest absolute Gasteiger partial charge is 0.524 e. The summed E-state index contributed by atoms with van der Waals surface area (Å²) in [6.45, 7) is 4.97. The van der Waals surface area contributed by atoms with Gasteiger partial charge in [0, 0.05) is 12.1 Å². The molecule has 1 aliphatic heterocycles. The van der Waals surface area contributed by atoms with E-state index >= 15 is 0 Å². The lowest BCUT2D eigenvalue weighted by molar-refractivity contribution is -0.146. The molecular formula is C22H24F2NO6P. The van der Waals surface area contributed by atoms with E-state index in [1.165, 1.54) is 23.1 Å². The second-order valence-corrected chi connectivity index (χ2v) is 9.81. The first-order valence-electron chi connectivity index (χ1n) is 9.76. The number of amides is 1. The highest BCUT2D eigenvalue weighted by Gasteiger charge is 2.39. The number of aliphatic hydroxyl groups is 1. The molecule has 0 aromatic heterocycles. The number of nitrogens with zero attached hydrogens (tertiary/aromatic N) is 1. The number of aliphatic hydroxyl groups excluding tert-OH is 1. The van der Waals surface area contributed by atoms with Gasteiger partial charge in [-0.1, -0.05) is 39.0 Å². The Labute approximate surface area is 184 Å². The van der Waals surface area contributed by atoms with Crippen molar-refractivity contribution in [3.05, 3.63) is 71.3 Å². The van der Waals surface area contributed by atoms with E-state index in [1.807, 2.05) is 0 Å². The number of carbonyl (C=O) groups is 1. The highest BCUT2D eigenvalue weighted by molar-refractivity contribution is 7.46. The number of hydrogen-bond donors (Lipinski definition) is 3. The molecule has 7 nitrogen and oxygen atoms in total. The van der Waals surface area contributed by atoms with Gasteiger partial charge >= 0.3 is 7.82 Å². The lowest BCUT2D eigenvalue weighted by atomic mass is 9.88. The van der Waals surface area contributed by atoms with Crippen LogP contribution in [-0.4, -0.2) is 38.3 Å². The highest BCUT2D eigenvalue weighted by atomic mass is 31.2. The molecule has 3 rings (SSSR count). The van der Waals surface area contributed by atoms with Crippen molar-refractivity contribution in [2.45, 2.75) is 32.9 Å². The van der Waals surface area contributed by atoms with E-state index < -0.39 is 42.9 Å². The Kier molecular flexibility index (Phi) is 6.58. The van der Waals surface area contributed by atoms with E-state index in [-0.39, 0.29) is 17.9 Å². The van der Waals surface area contributed by atoms with E-state index in [9.17, 15) is 23.2 Å². The predicted molar refractivity (Wildman–Crippen MR) is 113 cm³/mol. The van der Waals surface area contributed by atoms with Gasteiger partial charge in [0.15, 0.2) is 0 Å². The van der Waals surface area contributed by atoms with Crippen LogP contribution in [0.4, 0.5) is 8.78 Å². The lowest BCUT2D eigenvalue weighted by Crippen LogP contribution is -2.45. The zero-order valence-electron chi connectivity index (χ0n) is 17.7. The minimum atomic E-state index is -4.81. The van der Waals surface area contributed by atoms with E-state index in [0.717, 1.165) is 18.2 Å². The summed E-state index contributed by atoms with van der Waals surface area (Å²) in [6, 6.07) is 7.96. The summed E-state index contributed by atoms with van der Waals surface area (Å²) in [6.07, 6.45) is 0.187. The van der Waals surface area contributed by atoms with Crippen molar-refractivity contribution in [3.63, 3.8) is 0 Å². The molecule has 2 aromatic carbocycles. The van der Waals surface area contributed by atoms with Crippen molar-refractivity contribution in [2.75, 3.05) is 6.54 Å². The molecule has 1 amide bonds. The molecule has 1 heterocycles. The fourth-order valence-corrected chi connectivity index (χ4v) is 3.83. The zero-order valence-corrected chi connectivity index (χ0v) is 18.6. The van der Waals surface area contributed by atoms with Crippen LogP contribution in [0.1, 0.15) is 37.9 Å². The van der Waals surface area contributed by atoms with Crippen LogP contribution in [-0.2, 0) is 9.36 Å². The molecule has 1 aliphatic rings. The van der Waals surface area contributed by atoms with Crippen molar-refractivity contribution in [3.8, 4) is 5.75 Å². The lowest BCUT2D eigenvalue weighted by Gasteiger charge is -2.32. The average Bonchev–Trinajstić information content (AvgIpc) is 3.12. The highest BCUT2D eigenvalue weighted by Crippen LogP contribution is 2.41. The molecular weight excluding hydrogens is 443 g/mol. The van der Waals surface area contributed by atoms with Gasteiger partial charge in [-0.15, -0.1) is 0 Å². The normalized spacial score (nSPS) is 17.8. The van der Waals surface area contributed by atoms with Gasteiger partial charge in [-0.3, -0.25) is 14.6 Å². The quantitative estimate of drug-likeness (QED) is 0.578. The molecule has 3 N–H and O–H groups in total. The van der Waals surface area contributed by atoms with Crippen LogP contribution in [0.2, 0.25) is 0 Å². The van der Waals surface area contributed by atoms with E-state index in [1.54, 1.807) is 32.9 Å². The summed E-state index contributed by atoms with van der Waals surface area (Å²) in [5.41, 5.74) is -0.0435. The van der Waals surface area contributed by atoms with Gasteiger partial charge in [-0.25, -0.2) is 13.3 Å². The minimum absolute atomic E-state index is 0.0156. The Morgan fingerprint density at radius 2 is 1.88 bits per heavy atom. The third-order valence-corrected chi connectivity index (χ3v) is 5.52. The first kappa shape index (κ1) is 24.1. The van der Waals surface area contributed by atoms with E-state index in [2.05, 4.69) is 4.52 Å². The molecule has 0 saturated heterocycles. The first-order chi connectivity index (χ1) is 14.8. The fourth-order valence-electron chi connectivity index (χ4n) is 3.44. The molecule has 0 fully saturated rings. The van der Waals surface area contributed by atoms with Gasteiger partial charge in [0.25, 0.3) is 5.91 Å². The van der Waals surface area contributed by atoms with Crippen LogP contribution in [0.3, 0.4) is 0 Å². The molecule has 172 valence electrons. The first-order valence-corrected chi connectivity index (χ1v) is 11.3. The number of phosphoric ester groups is 1. The van der Waals surface area contributed by atoms with Crippen molar-refractivity contribution in [1.82, 2.24) is 4.90 Å². The van der Waals surface area contributed by atoms with Gasteiger partial charge < -0.3 is 14.5 Å². The van der Waals surface area contributed by atoms with Crippen LogP contribution in [0.15, 0.2) is 48.5 Å². The van der Waals surface area contributed by atoms with Crippen LogP contribution < -0.4 is 4.52 Å². The monoisotopic (exact) mass is 467 g/mol. The smallest absolute Gasteiger partial charge is 0.404 e. The Hall–Kier alpha value is -2.58. The van der Waals surface area contributed by atoms with E-state index in [0.29, 0.717) is 11.1 Å². The van der Waals surface area contributed by atoms with Crippen LogP contribution in [0.5, 0.6) is 5.75 Å². The topological polar surface area (TPSA) is 107 Å². The maximum atomic E-state index is 14.4. The van der Waals surface area contributed by atoms with Crippen molar-refractivity contribution >= 4 is 19.3 Å². The molecule has 0 bridgehead atoms. The van der Waals surface area contributed by atoms with Gasteiger partial charge in [0.2, 0.25) is 0 Å². The Bertz CT molecular complexity index is 1110. The minimum Gasteiger partial charge on any atom is -0.404 e. The summed E-state index contributed by atoms with van der Waals surface area (Å²) in [5.74, 6) is -2.05. The maximum absolute atomic E-state index is 14.4. The summed E-state index contributed by atoms with van der Waals surface area (Å²) in [5, 5.41) is 10.6. The summed E-state index contributed by atoms with van der Waals surface area (Å²) in [7, 11) is -4.81. The van der Waals surface area contributed by atoms with Crippen molar-refractivity contribution in [2.24, 2.45) is 5.41 Å². The molecule has 0 spiro atoms. The average molecular weight is 467 g/mol. The molecule has 2 atom stereocenters. The number of phosphoric acid groups is 1. The Morgan fingerprint density at radius 1 is 1.19 bits per heavy atom. The zero-order chi connectivity index (χ0) is 23.8. The summed E-state index contributed by atoms with van der Waals surface area (Å²) < 4.78 is 44.0. The summed E-state index contributed by atoms with van der Waals surface area (Å²) >= 11 is 0. The molecule has 0 radical (unpaired) electrons. The third-order valence-electron chi connectivity index (χ3n) is 5.07. The van der Waals surface area contributed by atoms with Crippen molar-refractivity contribution in [1.29, 1.82) is 0 Å². The second kappa shape index (κ2) is 8.75. The molecule has 10 heteroatoms. The fraction of sp³-hybridized carbons (Fsp3) is 0.318. The maximum Gasteiger partial charge on any atom is 0.524 e. The summed E-state index contributed by atoms with van der Waals surface area (Å²) in [4.78, 5) is 32.6. The second-order valence-electron chi connectivity index (χ2n) is 8.65. The van der Waals surface area contributed by atoms with Crippen molar-refractivity contribution < 1.29 is 37.6 Å². The number of hydrogen-bond acceptors (Lipinski definition) is 4. The van der Waals surface area contributed by atoms with Crippen LogP contribution in [0, 0.1) is 17.0 Å². The Morgan fingerprint density at radius 3 is 2.50 bits per heavy atom. The number of benzene rings is 2.